The normalized spacial score (nSPS) is 8.44. The van der Waals surface area contributed by atoms with E-state index in [1.54, 1.807) is 0 Å². The van der Waals surface area contributed by atoms with Gasteiger partial charge in [0.1, 0.15) is 5.75 Å². The fourth-order valence-electron chi connectivity index (χ4n) is 0.774. The van der Waals surface area contributed by atoms with Crippen LogP contribution < -0.4 is 4.74 Å². The molecule has 0 aliphatic heterocycles. The van der Waals surface area contributed by atoms with Crippen LogP contribution in [0.3, 0.4) is 0 Å². The first kappa shape index (κ1) is 13.8. The van der Waals surface area contributed by atoms with Crippen molar-refractivity contribution >= 4 is 11.8 Å². The van der Waals surface area contributed by atoms with E-state index in [1.165, 1.54) is 31.4 Å². The number of nitro benzene ring substituents is 1. The molecular formula is C9H11NO6. The van der Waals surface area contributed by atoms with Crippen LogP contribution in [0.1, 0.15) is 0 Å². The van der Waals surface area contributed by atoms with Crippen LogP contribution in [0, 0.1) is 10.1 Å². The summed E-state index contributed by atoms with van der Waals surface area (Å²) in [6.07, 6.45) is -0.862. The molecule has 0 saturated carbocycles. The second-order valence-electron chi connectivity index (χ2n) is 2.31. The maximum atomic E-state index is 10.6. The fourth-order valence-corrected chi connectivity index (χ4v) is 0.774. The van der Waals surface area contributed by atoms with Crippen molar-refractivity contribution in [3.05, 3.63) is 34.4 Å². The first-order valence-corrected chi connectivity index (χ1v) is 4.08. The number of carbonyl (C=O) groups excluding carboxylic acids is 1. The third kappa shape index (κ3) is 4.38. The van der Waals surface area contributed by atoms with E-state index >= 15 is 0 Å². The van der Waals surface area contributed by atoms with Crippen molar-refractivity contribution in [1.29, 1.82) is 0 Å². The first-order valence-electron chi connectivity index (χ1n) is 4.08. The van der Waals surface area contributed by atoms with Crippen LogP contribution in [0.2, 0.25) is 0 Å². The molecule has 1 aromatic rings. The summed E-state index contributed by atoms with van der Waals surface area (Å²) in [5.74, 6) is 0.197. The zero-order valence-corrected chi connectivity index (χ0v) is 8.75. The summed E-state index contributed by atoms with van der Waals surface area (Å²) in [4.78, 5) is 20.3. The Hall–Kier alpha value is -2.15. The molecule has 0 spiro atoms. The highest BCUT2D eigenvalue weighted by atomic mass is 16.7. The summed E-state index contributed by atoms with van der Waals surface area (Å²) in [6, 6.07) is 5.10. The van der Waals surface area contributed by atoms with Crippen LogP contribution in [0.5, 0.6) is 5.75 Å². The number of carbonyl (C=O) groups is 1. The number of hydrogen-bond acceptors (Lipinski definition) is 6. The van der Waals surface area contributed by atoms with Crippen LogP contribution in [-0.2, 0) is 4.74 Å². The second-order valence-corrected chi connectivity index (χ2v) is 2.31. The summed E-state index contributed by atoms with van der Waals surface area (Å²) in [6.45, 7) is 0. The summed E-state index contributed by atoms with van der Waals surface area (Å²) < 4.78 is 8.85. The van der Waals surface area contributed by atoms with Gasteiger partial charge in [-0.2, -0.15) is 0 Å². The van der Waals surface area contributed by atoms with Gasteiger partial charge in [-0.05, 0) is 12.1 Å². The van der Waals surface area contributed by atoms with E-state index in [0.717, 1.165) is 7.11 Å². The molecule has 0 aliphatic rings. The minimum Gasteiger partial charge on any atom is -0.437 e. The molecule has 1 aromatic carbocycles. The molecule has 0 aromatic heterocycles. The predicted octanol–water partition coefficient (Wildman–Crippen LogP) is 1.35. The lowest BCUT2D eigenvalue weighted by atomic mass is 10.3. The van der Waals surface area contributed by atoms with Gasteiger partial charge in [0.2, 0.25) is 0 Å². The van der Waals surface area contributed by atoms with Crippen LogP contribution in [0.4, 0.5) is 10.5 Å². The number of methoxy groups -OCH3 is 1. The van der Waals surface area contributed by atoms with Gasteiger partial charge in [0, 0.05) is 19.2 Å². The second kappa shape index (κ2) is 7.18. The molecule has 0 heterocycles. The predicted molar refractivity (Wildman–Crippen MR) is 54.3 cm³/mol. The number of non-ortho nitro benzene ring substituents is 1. The minimum atomic E-state index is -0.862. The fraction of sp³-hybridized carbons (Fsp3) is 0.222. The monoisotopic (exact) mass is 229 g/mol. The van der Waals surface area contributed by atoms with Gasteiger partial charge in [-0.3, -0.25) is 10.1 Å². The Morgan fingerprint density at radius 1 is 1.31 bits per heavy atom. The molecule has 0 saturated heterocycles. The Balaban J connectivity index is 0.00000106. The molecule has 88 valence electrons. The van der Waals surface area contributed by atoms with Crippen molar-refractivity contribution in [1.82, 2.24) is 0 Å². The molecule has 1 N–H and O–H groups in total. The van der Waals surface area contributed by atoms with Gasteiger partial charge in [0.15, 0.2) is 0 Å². The van der Waals surface area contributed by atoms with E-state index in [9.17, 15) is 14.9 Å². The largest absolute Gasteiger partial charge is 0.513 e. The highest BCUT2D eigenvalue weighted by Gasteiger charge is 2.07. The van der Waals surface area contributed by atoms with E-state index in [2.05, 4.69) is 9.47 Å². The van der Waals surface area contributed by atoms with E-state index in [0.29, 0.717) is 0 Å². The van der Waals surface area contributed by atoms with Gasteiger partial charge in [0.05, 0.1) is 12.0 Å². The number of hydrogen-bond donors (Lipinski definition) is 1. The van der Waals surface area contributed by atoms with E-state index in [-0.39, 0.29) is 11.4 Å². The Kier molecular flexibility index (Phi) is 6.22. The number of ether oxygens (including phenoxy) is 2. The zero-order valence-electron chi connectivity index (χ0n) is 8.75. The van der Waals surface area contributed by atoms with Crippen LogP contribution in [-0.4, -0.2) is 30.4 Å². The molecule has 0 unspecified atom stereocenters. The van der Waals surface area contributed by atoms with Crippen molar-refractivity contribution in [2.24, 2.45) is 0 Å². The lowest BCUT2D eigenvalue weighted by Crippen LogP contribution is -2.06. The molecule has 7 heteroatoms. The van der Waals surface area contributed by atoms with Crippen molar-refractivity contribution in [2.45, 2.75) is 0 Å². The van der Waals surface area contributed by atoms with E-state index in [1.807, 2.05) is 0 Å². The maximum absolute atomic E-state index is 10.6. The number of nitrogens with zero attached hydrogens (tertiary/aromatic N) is 1. The third-order valence-corrected chi connectivity index (χ3v) is 1.42. The molecule has 0 radical (unpaired) electrons. The molecule has 7 nitrogen and oxygen atoms in total. The van der Waals surface area contributed by atoms with Crippen molar-refractivity contribution in [3.8, 4) is 5.75 Å². The van der Waals surface area contributed by atoms with Gasteiger partial charge in [0.25, 0.3) is 5.69 Å². The maximum Gasteiger partial charge on any atom is 0.513 e. The average molecular weight is 229 g/mol. The zero-order chi connectivity index (χ0) is 12.6. The highest BCUT2D eigenvalue weighted by molar-refractivity contribution is 5.63. The number of aliphatic hydroxyl groups is 1. The SMILES string of the molecule is CO.COC(=O)Oc1ccc([N+](=O)[O-])cc1. The van der Waals surface area contributed by atoms with Gasteiger partial charge in [-0.25, -0.2) is 4.79 Å². The molecule has 0 aliphatic carbocycles. The lowest BCUT2D eigenvalue weighted by Gasteiger charge is -2.00. The number of rotatable bonds is 2. The highest BCUT2D eigenvalue weighted by Crippen LogP contribution is 2.17. The van der Waals surface area contributed by atoms with Crippen molar-refractivity contribution in [3.63, 3.8) is 0 Å². The van der Waals surface area contributed by atoms with Gasteiger partial charge >= 0.3 is 6.16 Å². The van der Waals surface area contributed by atoms with Gasteiger partial charge in [-0.1, -0.05) is 0 Å². The molecule has 0 bridgehead atoms. The van der Waals surface area contributed by atoms with Gasteiger partial charge in [-0.15, -0.1) is 0 Å². The Labute approximate surface area is 91.4 Å². The number of benzene rings is 1. The van der Waals surface area contributed by atoms with E-state index in [4.69, 9.17) is 5.11 Å². The lowest BCUT2D eigenvalue weighted by molar-refractivity contribution is -0.384. The Morgan fingerprint density at radius 2 is 1.81 bits per heavy atom. The minimum absolute atomic E-state index is 0.0674. The summed E-state index contributed by atoms with van der Waals surface area (Å²) in [7, 11) is 2.17. The van der Waals surface area contributed by atoms with E-state index < -0.39 is 11.1 Å². The summed E-state index contributed by atoms with van der Waals surface area (Å²) in [5.41, 5.74) is -0.0674. The Morgan fingerprint density at radius 3 is 2.19 bits per heavy atom. The molecule has 0 amide bonds. The molecule has 0 fully saturated rings. The molecular weight excluding hydrogens is 218 g/mol. The van der Waals surface area contributed by atoms with Crippen LogP contribution in [0.15, 0.2) is 24.3 Å². The standard InChI is InChI=1S/C8H7NO5.CH4O/c1-13-8(10)14-7-4-2-6(3-5-7)9(11)12;1-2/h2-5H,1H3;2H,1H3. The third-order valence-electron chi connectivity index (χ3n) is 1.42. The average Bonchev–Trinajstić information content (AvgIpc) is 2.32. The molecule has 0 atom stereocenters. The summed E-state index contributed by atoms with van der Waals surface area (Å²) >= 11 is 0. The smallest absolute Gasteiger partial charge is 0.437 e. The quantitative estimate of drug-likeness (QED) is 0.355. The van der Waals surface area contributed by atoms with Crippen LogP contribution >= 0.6 is 0 Å². The summed E-state index contributed by atoms with van der Waals surface area (Å²) in [5, 5.41) is 17.3. The Bertz CT molecular complexity index is 348. The van der Waals surface area contributed by atoms with Crippen molar-refractivity contribution in [2.75, 3.05) is 14.2 Å². The first-order chi connectivity index (χ1) is 7.63. The number of nitro groups is 1. The van der Waals surface area contributed by atoms with Crippen LogP contribution in [0.25, 0.3) is 0 Å². The van der Waals surface area contributed by atoms with Gasteiger partial charge < -0.3 is 14.6 Å². The molecule has 16 heavy (non-hydrogen) atoms. The topological polar surface area (TPSA) is 98.9 Å². The molecule has 1 rings (SSSR count). The number of aliphatic hydroxyl groups excluding tert-OH is 1. The van der Waals surface area contributed by atoms with Crippen molar-refractivity contribution < 1.29 is 24.3 Å².